The van der Waals surface area contributed by atoms with Crippen molar-refractivity contribution in [3.8, 4) is 0 Å². The van der Waals surface area contributed by atoms with Crippen LogP contribution in [0.2, 0.25) is 5.02 Å². The Morgan fingerprint density at radius 1 is 1.43 bits per heavy atom. The molecule has 21 heavy (non-hydrogen) atoms. The highest BCUT2D eigenvalue weighted by atomic mass is 35.5. The van der Waals surface area contributed by atoms with E-state index in [4.69, 9.17) is 16.7 Å². The van der Waals surface area contributed by atoms with Gasteiger partial charge in [0.25, 0.3) is 0 Å². The molecule has 2 rings (SSSR count). The van der Waals surface area contributed by atoms with Gasteiger partial charge in [0.2, 0.25) is 0 Å². The second-order valence-corrected chi connectivity index (χ2v) is 5.94. The van der Waals surface area contributed by atoms with Crippen molar-refractivity contribution >= 4 is 40.7 Å². The highest BCUT2D eigenvalue weighted by molar-refractivity contribution is 7.09. The lowest BCUT2D eigenvalue weighted by molar-refractivity contribution is -0.131. The Hall–Kier alpha value is -1.78. The molecule has 2 aromatic rings. The van der Waals surface area contributed by atoms with Crippen LogP contribution in [0, 0.1) is 0 Å². The third-order valence-corrected chi connectivity index (χ3v) is 4.14. The van der Waals surface area contributed by atoms with E-state index in [0.29, 0.717) is 5.02 Å². The van der Waals surface area contributed by atoms with Crippen LogP contribution in [0.1, 0.15) is 17.4 Å². The molecule has 0 fully saturated rings. The zero-order valence-corrected chi connectivity index (χ0v) is 13.2. The molecule has 5 heteroatoms. The second kappa shape index (κ2) is 7.29. The summed E-state index contributed by atoms with van der Waals surface area (Å²) in [5.41, 5.74) is 1.79. The van der Waals surface area contributed by atoms with Crippen LogP contribution in [-0.4, -0.2) is 17.6 Å². The number of carboxylic acid groups (broad SMARTS) is 1. The summed E-state index contributed by atoms with van der Waals surface area (Å²) in [6, 6.07) is 9.66. The van der Waals surface area contributed by atoms with Crippen LogP contribution >= 0.6 is 22.9 Å². The lowest BCUT2D eigenvalue weighted by Crippen LogP contribution is -2.22. The van der Waals surface area contributed by atoms with Crippen LogP contribution in [-0.2, 0) is 11.3 Å². The predicted octanol–water partition coefficient (Wildman–Crippen LogP) is 4.53. The maximum Gasteiger partial charge on any atom is 0.328 e. The molecule has 1 aromatic heterocycles. The Morgan fingerprint density at radius 3 is 2.86 bits per heavy atom. The van der Waals surface area contributed by atoms with Crippen LogP contribution in [0.15, 0.2) is 41.8 Å². The number of hydrogen-bond acceptors (Lipinski definition) is 3. The molecule has 0 saturated carbocycles. The summed E-state index contributed by atoms with van der Waals surface area (Å²) in [7, 11) is 0. The molecule has 0 saturated heterocycles. The molecule has 0 atom stereocenters. The number of hydrogen-bond donors (Lipinski definition) is 1. The topological polar surface area (TPSA) is 40.5 Å². The number of halogens is 1. The summed E-state index contributed by atoms with van der Waals surface area (Å²) in [5.74, 6) is -0.970. The standard InChI is InChI=1S/C16H16ClNO2S/c1-2-18(11-14-4-3-9-21-14)15-7-6-13(17)10-12(15)5-8-16(19)20/h3-10H,2,11H2,1H3,(H,19,20)/b8-5+. The van der Waals surface area contributed by atoms with Crippen molar-refractivity contribution in [2.24, 2.45) is 0 Å². The number of benzene rings is 1. The minimum atomic E-state index is -0.970. The van der Waals surface area contributed by atoms with E-state index in [9.17, 15) is 4.79 Å². The molecule has 0 unspecified atom stereocenters. The molecule has 0 spiro atoms. The Kier molecular flexibility index (Phi) is 5.42. The Balaban J connectivity index is 2.33. The molecule has 1 N–H and O–H groups in total. The monoisotopic (exact) mass is 321 g/mol. The minimum absolute atomic E-state index is 0.593. The molecule has 1 aromatic carbocycles. The minimum Gasteiger partial charge on any atom is -0.478 e. The molecule has 0 bridgehead atoms. The summed E-state index contributed by atoms with van der Waals surface area (Å²) in [4.78, 5) is 14.2. The number of carboxylic acids is 1. The van der Waals surface area contributed by atoms with Crippen molar-refractivity contribution in [1.29, 1.82) is 0 Å². The third kappa shape index (κ3) is 4.34. The number of rotatable bonds is 6. The van der Waals surface area contributed by atoms with E-state index in [1.54, 1.807) is 23.5 Å². The van der Waals surface area contributed by atoms with Gasteiger partial charge in [0.05, 0.1) is 6.54 Å². The number of aliphatic carboxylic acids is 1. The molecule has 0 amide bonds. The van der Waals surface area contributed by atoms with Crippen LogP contribution < -0.4 is 4.90 Å². The van der Waals surface area contributed by atoms with E-state index in [-0.39, 0.29) is 0 Å². The number of anilines is 1. The van der Waals surface area contributed by atoms with Gasteiger partial charge in [-0.25, -0.2) is 4.79 Å². The first-order valence-corrected chi connectivity index (χ1v) is 7.83. The van der Waals surface area contributed by atoms with Gasteiger partial charge in [-0.1, -0.05) is 17.7 Å². The first-order valence-electron chi connectivity index (χ1n) is 6.58. The van der Waals surface area contributed by atoms with Gasteiger partial charge in [-0.3, -0.25) is 0 Å². The van der Waals surface area contributed by atoms with Crippen molar-refractivity contribution in [2.45, 2.75) is 13.5 Å². The van der Waals surface area contributed by atoms with Crippen molar-refractivity contribution in [2.75, 3.05) is 11.4 Å². The van der Waals surface area contributed by atoms with Crippen LogP contribution in [0.25, 0.3) is 6.08 Å². The molecule has 0 aliphatic carbocycles. The van der Waals surface area contributed by atoms with Gasteiger partial charge >= 0.3 is 5.97 Å². The van der Waals surface area contributed by atoms with Gasteiger partial charge in [-0.15, -0.1) is 11.3 Å². The summed E-state index contributed by atoms with van der Waals surface area (Å²) in [6.07, 6.45) is 2.72. The third-order valence-electron chi connectivity index (χ3n) is 3.04. The summed E-state index contributed by atoms with van der Waals surface area (Å²) in [6.45, 7) is 3.70. The number of nitrogens with zero attached hydrogens (tertiary/aromatic N) is 1. The zero-order chi connectivity index (χ0) is 15.2. The van der Waals surface area contributed by atoms with Crippen LogP contribution in [0.3, 0.4) is 0 Å². The van der Waals surface area contributed by atoms with Crippen LogP contribution in [0.4, 0.5) is 5.69 Å². The quantitative estimate of drug-likeness (QED) is 0.795. The van der Waals surface area contributed by atoms with E-state index in [2.05, 4.69) is 23.3 Å². The van der Waals surface area contributed by atoms with Gasteiger partial charge in [0.15, 0.2) is 0 Å². The molecule has 0 aliphatic heterocycles. The summed E-state index contributed by atoms with van der Waals surface area (Å²) >= 11 is 7.73. The van der Waals surface area contributed by atoms with Gasteiger partial charge in [-0.2, -0.15) is 0 Å². The lowest BCUT2D eigenvalue weighted by Gasteiger charge is -2.24. The predicted molar refractivity (Wildman–Crippen MR) is 89.2 cm³/mol. The van der Waals surface area contributed by atoms with Crippen molar-refractivity contribution in [1.82, 2.24) is 0 Å². The lowest BCUT2D eigenvalue weighted by atomic mass is 10.1. The van der Waals surface area contributed by atoms with Crippen LogP contribution in [0.5, 0.6) is 0 Å². The normalized spacial score (nSPS) is 11.0. The number of thiophene rings is 1. The average Bonchev–Trinajstić information content (AvgIpc) is 2.96. The molecule has 3 nitrogen and oxygen atoms in total. The molecule has 0 aliphatic rings. The Bertz CT molecular complexity index is 638. The second-order valence-electron chi connectivity index (χ2n) is 4.47. The van der Waals surface area contributed by atoms with E-state index in [1.165, 1.54) is 4.88 Å². The molecular formula is C16H16ClNO2S. The first-order chi connectivity index (χ1) is 10.1. The van der Waals surface area contributed by atoms with E-state index >= 15 is 0 Å². The van der Waals surface area contributed by atoms with E-state index in [1.807, 2.05) is 18.2 Å². The molecule has 1 heterocycles. The summed E-state index contributed by atoms with van der Waals surface area (Å²) < 4.78 is 0. The maximum atomic E-state index is 10.7. The van der Waals surface area contributed by atoms with Gasteiger partial charge in [-0.05, 0) is 48.2 Å². The van der Waals surface area contributed by atoms with Crippen molar-refractivity contribution < 1.29 is 9.90 Å². The molecule has 0 radical (unpaired) electrons. The fourth-order valence-electron chi connectivity index (χ4n) is 2.07. The Labute approximate surface area is 133 Å². The Morgan fingerprint density at radius 2 is 2.24 bits per heavy atom. The number of carbonyl (C=O) groups is 1. The largest absolute Gasteiger partial charge is 0.478 e. The molecule has 110 valence electrons. The van der Waals surface area contributed by atoms with Crippen molar-refractivity contribution in [3.05, 3.63) is 57.3 Å². The van der Waals surface area contributed by atoms with E-state index < -0.39 is 5.97 Å². The highest BCUT2D eigenvalue weighted by Gasteiger charge is 2.10. The molecular weight excluding hydrogens is 306 g/mol. The van der Waals surface area contributed by atoms with Crippen molar-refractivity contribution in [3.63, 3.8) is 0 Å². The fourth-order valence-corrected chi connectivity index (χ4v) is 2.97. The van der Waals surface area contributed by atoms with Gasteiger partial charge < -0.3 is 10.0 Å². The maximum absolute atomic E-state index is 10.7. The fraction of sp³-hybridized carbons (Fsp3) is 0.188. The van der Waals surface area contributed by atoms with Gasteiger partial charge in [0.1, 0.15) is 0 Å². The average molecular weight is 322 g/mol. The first kappa shape index (κ1) is 15.6. The van der Waals surface area contributed by atoms with Gasteiger partial charge in [0, 0.05) is 28.2 Å². The smallest absolute Gasteiger partial charge is 0.328 e. The summed E-state index contributed by atoms with van der Waals surface area (Å²) in [5, 5.41) is 11.5. The van der Waals surface area contributed by atoms with E-state index in [0.717, 1.165) is 30.4 Å². The SMILES string of the molecule is CCN(Cc1cccs1)c1ccc(Cl)cc1/C=C/C(=O)O. The zero-order valence-electron chi connectivity index (χ0n) is 11.6. The highest BCUT2D eigenvalue weighted by Crippen LogP contribution is 2.27.